The average Bonchev–Trinajstić information content (AvgIpc) is 2.39. The molecule has 1 saturated heterocycles. The van der Waals surface area contributed by atoms with Gasteiger partial charge in [-0.25, -0.2) is 8.42 Å². The summed E-state index contributed by atoms with van der Waals surface area (Å²) in [7, 11) is 0.670. The van der Waals surface area contributed by atoms with Crippen LogP contribution in [-0.4, -0.2) is 50.8 Å². The molecule has 0 atom stereocenters. The lowest BCUT2D eigenvalue weighted by Crippen LogP contribution is -2.44. The number of nitrogen functional groups attached to an aromatic ring is 1. The first-order valence-corrected chi connectivity index (χ1v) is 7.87. The van der Waals surface area contributed by atoms with Gasteiger partial charge < -0.3 is 10.6 Å². The summed E-state index contributed by atoms with van der Waals surface area (Å²) in [4.78, 5) is 2.44. The maximum Gasteiger partial charge on any atom is 0.243 e. The van der Waals surface area contributed by atoms with Crippen molar-refractivity contribution in [2.24, 2.45) is 0 Å². The third-order valence-electron chi connectivity index (χ3n) is 3.65. The van der Waals surface area contributed by atoms with Gasteiger partial charge in [0, 0.05) is 24.8 Å². The zero-order valence-electron chi connectivity index (χ0n) is 11.4. The van der Waals surface area contributed by atoms with Crippen LogP contribution in [0.15, 0.2) is 29.2 Å². The second kappa shape index (κ2) is 5.48. The van der Waals surface area contributed by atoms with E-state index in [1.807, 2.05) is 14.1 Å². The molecule has 1 aromatic carbocycles. The second-order valence-corrected chi connectivity index (χ2v) is 7.11. The molecule has 1 aliphatic heterocycles. The van der Waals surface area contributed by atoms with Crippen molar-refractivity contribution in [2.45, 2.75) is 23.8 Å². The summed E-state index contributed by atoms with van der Waals surface area (Å²) in [6.07, 6.45) is 1.74. The van der Waals surface area contributed by atoms with Crippen molar-refractivity contribution >= 4 is 15.7 Å². The maximum atomic E-state index is 12.5. The molecule has 1 fully saturated rings. The van der Waals surface area contributed by atoms with E-state index < -0.39 is 10.0 Å². The largest absolute Gasteiger partial charge is 0.399 e. The van der Waals surface area contributed by atoms with E-state index in [1.165, 1.54) is 6.07 Å². The lowest BCUT2D eigenvalue weighted by Gasteiger charge is -2.34. The van der Waals surface area contributed by atoms with Crippen molar-refractivity contribution in [2.75, 3.05) is 32.9 Å². The third kappa shape index (κ3) is 3.08. The Bertz CT molecular complexity index is 535. The van der Waals surface area contributed by atoms with Crippen molar-refractivity contribution in [3.63, 3.8) is 0 Å². The average molecular weight is 283 g/mol. The van der Waals surface area contributed by atoms with Crippen LogP contribution >= 0.6 is 0 Å². The molecule has 0 radical (unpaired) electrons. The zero-order valence-corrected chi connectivity index (χ0v) is 12.2. The molecule has 0 bridgehead atoms. The van der Waals surface area contributed by atoms with Gasteiger partial charge in [-0.3, -0.25) is 0 Å². The van der Waals surface area contributed by atoms with E-state index in [0.29, 0.717) is 24.8 Å². The molecule has 1 aliphatic rings. The first-order valence-electron chi connectivity index (χ1n) is 6.43. The Kier molecular flexibility index (Phi) is 4.13. The lowest BCUT2D eigenvalue weighted by atomic mass is 10.1. The third-order valence-corrected chi connectivity index (χ3v) is 5.54. The highest BCUT2D eigenvalue weighted by molar-refractivity contribution is 7.89. The standard InChI is InChI=1S/C13H21N3O2S/c1-15(2)12-6-8-16(9-7-12)19(17,18)13-5-3-4-11(14)10-13/h3-5,10,12H,6-9,14H2,1-2H3. The fraction of sp³-hybridized carbons (Fsp3) is 0.538. The highest BCUT2D eigenvalue weighted by atomic mass is 32.2. The normalized spacial score (nSPS) is 18.9. The summed E-state index contributed by atoms with van der Waals surface area (Å²) in [5, 5.41) is 0. The van der Waals surface area contributed by atoms with E-state index in [1.54, 1.807) is 22.5 Å². The van der Waals surface area contributed by atoms with Gasteiger partial charge in [-0.2, -0.15) is 4.31 Å². The quantitative estimate of drug-likeness (QED) is 0.840. The van der Waals surface area contributed by atoms with Gasteiger partial charge in [0.1, 0.15) is 0 Å². The van der Waals surface area contributed by atoms with Gasteiger partial charge in [0.2, 0.25) is 10.0 Å². The highest BCUT2D eigenvalue weighted by Gasteiger charge is 2.29. The summed E-state index contributed by atoms with van der Waals surface area (Å²) >= 11 is 0. The Labute approximate surface area is 115 Å². The molecule has 1 heterocycles. The molecule has 6 heteroatoms. The monoisotopic (exact) mass is 283 g/mol. The van der Waals surface area contributed by atoms with Crippen LogP contribution in [0.3, 0.4) is 0 Å². The Morgan fingerprint density at radius 3 is 2.42 bits per heavy atom. The van der Waals surface area contributed by atoms with Gasteiger partial charge in [-0.15, -0.1) is 0 Å². The number of hydrogen-bond acceptors (Lipinski definition) is 4. The molecule has 19 heavy (non-hydrogen) atoms. The van der Waals surface area contributed by atoms with E-state index in [4.69, 9.17) is 5.73 Å². The van der Waals surface area contributed by atoms with Gasteiger partial charge in [-0.05, 0) is 45.1 Å². The molecule has 2 rings (SSSR count). The van der Waals surface area contributed by atoms with Gasteiger partial charge in [0.15, 0.2) is 0 Å². The Morgan fingerprint density at radius 1 is 1.26 bits per heavy atom. The molecule has 0 aliphatic carbocycles. The molecule has 0 aromatic heterocycles. The van der Waals surface area contributed by atoms with Crippen molar-refractivity contribution in [3.05, 3.63) is 24.3 Å². The highest BCUT2D eigenvalue weighted by Crippen LogP contribution is 2.23. The summed E-state index contributed by atoms with van der Waals surface area (Å²) in [6.45, 7) is 1.14. The molecular weight excluding hydrogens is 262 g/mol. The number of nitrogens with two attached hydrogens (primary N) is 1. The first kappa shape index (κ1) is 14.3. The minimum Gasteiger partial charge on any atom is -0.399 e. The molecule has 0 amide bonds. The van der Waals surface area contributed by atoms with Crippen LogP contribution in [0, 0.1) is 0 Å². The predicted octanol–water partition coefficient (Wildman–Crippen LogP) is 0.983. The molecule has 106 valence electrons. The minimum absolute atomic E-state index is 0.288. The Balaban J connectivity index is 2.14. The second-order valence-electron chi connectivity index (χ2n) is 5.17. The SMILES string of the molecule is CN(C)C1CCN(S(=O)(=O)c2cccc(N)c2)CC1. The molecular formula is C13H21N3O2S. The number of piperidine rings is 1. The predicted molar refractivity (Wildman–Crippen MR) is 76.3 cm³/mol. The first-order chi connectivity index (χ1) is 8.91. The van der Waals surface area contributed by atoms with Crippen molar-refractivity contribution in [1.82, 2.24) is 9.21 Å². The number of nitrogens with zero attached hydrogens (tertiary/aromatic N) is 2. The van der Waals surface area contributed by atoms with Crippen molar-refractivity contribution < 1.29 is 8.42 Å². The van der Waals surface area contributed by atoms with Gasteiger partial charge in [0.05, 0.1) is 4.90 Å². The topological polar surface area (TPSA) is 66.6 Å². The van der Waals surface area contributed by atoms with E-state index in [2.05, 4.69) is 4.90 Å². The van der Waals surface area contributed by atoms with Crippen LogP contribution in [0.4, 0.5) is 5.69 Å². The fourth-order valence-corrected chi connectivity index (χ4v) is 3.95. The summed E-state index contributed by atoms with van der Waals surface area (Å²) in [5.74, 6) is 0. The van der Waals surface area contributed by atoms with Crippen LogP contribution in [0.1, 0.15) is 12.8 Å². The van der Waals surface area contributed by atoms with Gasteiger partial charge in [0.25, 0.3) is 0 Å². The smallest absolute Gasteiger partial charge is 0.243 e. The molecule has 0 unspecified atom stereocenters. The maximum absolute atomic E-state index is 12.5. The number of sulfonamides is 1. The van der Waals surface area contributed by atoms with E-state index in [-0.39, 0.29) is 4.90 Å². The summed E-state index contributed by atoms with van der Waals surface area (Å²) < 4.78 is 26.5. The lowest BCUT2D eigenvalue weighted by molar-refractivity contribution is 0.196. The molecule has 0 spiro atoms. The van der Waals surface area contributed by atoms with Crippen molar-refractivity contribution in [3.8, 4) is 0 Å². The van der Waals surface area contributed by atoms with Crippen LogP contribution in [0.2, 0.25) is 0 Å². The minimum atomic E-state index is -3.40. The molecule has 1 aromatic rings. The van der Waals surface area contributed by atoms with Gasteiger partial charge in [-0.1, -0.05) is 6.07 Å². The van der Waals surface area contributed by atoms with E-state index >= 15 is 0 Å². The molecule has 2 N–H and O–H groups in total. The van der Waals surface area contributed by atoms with Crippen molar-refractivity contribution in [1.29, 1.82) is 0 Å². The zero-order chi connectivity index (χ0) is 14.0. The van der Waals surface area contributed by atoms with Crippen LogP contribution in [-0.2, 0) is 10.0 Å². The number of benzene rings is 1. The molecule has 0 saturated carbocycles. The number of rotatable bonds is 3. The van der Waals surface area contributed by atoms with E-state index in [9.17, 15) is 8.42 Å². The van der Waals surface area contributed by atoms with Crippen LogP contribution < -0.4 is 5.73 Å². The van der Waals surface area contributed by atoms with Crippen LogP contribution in [0.25, 0.3) is 0 Å². The number of hydrogen-bond donors (Lipinski definition) is 1. The Morgan fingerprint density at radius 2 is 1.89 bits per heavy atom. The summed E-state index contributed by atoms with van der Waals surface area (Å²) in [6, 6.07) is 6.95. The fourth-order valence-electron chi connectivity index (χ4n) is 2.42. The van der Waals surface area contributed by atoms with E-state index in [0.717, 1.165) is 12.8 Å². The summed E-state index contributed by atoms with van der Waals surface area (Å²) in [5.41, 5.74) is 6.13. The number of anilines is 1. The molecule has 5 nitrogen and oxygen atoms in total. The van der Waals surface area contributed by atoms with Gasteiger partial charge >= 0.3 is 0 Å². The Hall–Kier alpha value is -1.11. The van der Waals surface area contributed by atoms with Crippen LogP contribution in [0.5, 0.6) is 0 Å².